The molecule has 1 aromatic heterocycles. The van der Waals surface area contributed by atoms with Gasteiger partial charge in [-0.05, 0) is 30.5 Å². The molecule has 3 N–H and O–H groups in total. The van der Waals surface area contributed by atoms with Crippen LogP contribution in [0.25, 0.3) is 0 Å². The lowest BCUT2D eigenvalue weighted by Crippen LogP contribution is -2.36. The third kappa shape index (κ3) is 7.34. The first-order valence-corrected chi connectivity index (χ1v) is 9.90. The third-order valence-corrected chi connectivity index (χ3v) is 4.45. The van der Waals surface area contributed by atoms with Crippen LogP contribution in [0, 0.1) is 0 Å². The van der Waals surface area contributed by atoms with E-state index in [2.05, 4.69) is 39.9 Å². The summed E-state index contributed by atoms with van der Waals surface area (Å²) < 4.78 is 5.41. The van der Waals surface area contributed by atoms with Crippen LogP contribution in [0.15, 0.2) is 33.8 Å². The second-order valence-corrected chi connectivity index (χ2v) is 6.47. The van der Waals surface area contributed by atoms with Gasteiger partial charge in [-0.1, -0.05) is 38.1 Å². The zero-order chi connectivity index (χ0) is 20.4. The number of hydrogen-bond donors (Lipinski definition) is 3. The number of nitrogens with zero attached hydrogens (tertiary/aromatic N) is 2. The predicted molar refractivity (Wildman–Crippen MR) is 127 cm³/mol. The molecule has 1 aromatic carbocycles. The lowest BCUT2D eigenvalue weighted by atomic mass is 10.1. The zero-order valence-electron chi connectivity index (χ0n) is 17.7. The van der Waals surface area contributed by atoms with Gasteiger partial charge in [-0.25, -0.2) is 0 Å². The van der Waals surface area contributed by atoms with Gasteiger partial charge < -0.3 is 20.5 Å². The lowest BCUT2D eigenvalue weighted by Gasteiger charge is -2.13. The minimum Gasteiger partial charge on any atom is -0.361 e. The Morgan fingerprint density at radius 3 is 2.52 bits per heavy atom. The molecule has 0 aliphatic heterocycles. The molecule has 1 heterocycles. The molecule has 0 spiro atoms. The number of aromatic nitrogens is 1. The largest absolute Gasteiger partial charge is 0.361 e. The second-order valence-electron chi connectivity index (χ2n) is 6.47. The monoisotopic (exact) mass is 513 g/mol. The molecular formula is C21H32IN5O2. The van der Waals surface area contributed by atoms with Crippen LogP contribution < -0.4 is 16.0 Å². The standard InChI is InChI=1S/C21H31N5O2.HI/c1-5-11-23-20(27)16-10-8-9-15(12-16)13-24-21(22-4)25-14-17-18(6-2)26-28-19(17)7-3;/h8-10,12H,5-7,11,13-14H2,1-4H3,(H,23,27)(H2,22,24,25);1H. The number of aryl methyl sites for hydroxylation is 2. The fourth-order valence-corrected chi connectivity index (χ4v) is 2.88. The van der Waals surface area contributed by atoms with E-state index >= 15 is 0 Å². The highest BCUT2D eigenvalue weighted by molar-refractivity contribution is 14.0. The Hall–Kier alpha value is -2.10. The smallest absolute Gasteiger partial charge is 0.251 e. The average Bonchev–Trinajstić information content (AvgIpc) is 3.14. The fraction of sp³-hybridized carbons (Fsp3) is 0.476. The van der Waals surface area contributed by atoms with Gasteiger partial charge in [0.05, 0.1) is 5.69 Å². The van der Waals surface area contributed by atoms with Crippen molar-refractivity contribution in [3.05, 3.63) is 52.4 Å². The van der Waals surface area contributed by atoms with Crippen molar-refractivity contribution in [2.75, 3.05) is 13.6 Å². The van der Waals surface area contributed by atoms with Crippen LogP contribution in [0.4, 0.5) is 0 Å². The Balaban J connectivity index is 0.00000420. The molecule has 8 heteroatoms. The molecule has 160 valence electrons. The van der Waals surface area contributed by atoms with Gasteiger partial charge in [-0.3, -0.25) is 9.79 Å². The second kappa shape index (κ2) is 13.2. The van der Waals surface area contributed by atoms with E-state index in [-0.39, 0.29) is 29.9 Å². The summed E-state index contributed by atoms with van der Waals surface area (Å²) >= 11 is 0. The van der Waals surface area contributed by atoms with E-state index in [1.165, 1.54) is 0 Å². The summed E-state index contributed by atoms with van der Waals surface area (Å²) in [6.45, 7) is 8.01. The maximum atomic E-state index is 12.1. The summed E-state index contributed by atoms with van der Waals surface area (Å²) in [6.07, 6.45) is 2.56. The quantitative estimate of drug-likeness (QED) is 0.272. The van der Waals surface area contributed by atoms with Crippen molar-refractivity contribution in [2.24, 2.45) is 4.99 Å². The summed E-state index contributed by atoms with van der Waals surface area (Å²) in [5, 5.41) is 13.6. The van der Waals surface area contributed by atoms with E-state index < -0.39 is 0 Å². The van der Waals surface area contributed by atoms with Crippen molar-refractivity contribution < 1.29 is 9.32 Å². The molecule has 2 aromatic rings. The molecular weight excluding hydrogens is 481 g/mol. The maximum absolute atomic E-state index is 12.1. The molecule has 0 saturated carbocycles. The van der Waals surface area contributed by atoms with Crippen molar-refractivity contribution in [2.45, 2.75) is 53.1 Å². The molecule has 0 radical (unpaired) electrons. The first kappa shape index (κ1) is 24.9. The van der Waals surface area contributed by atoms with E-state index in [0.717, 1.165) is 41.8 Å². The number of guanidine groups is 1. The molecule has 0 aliphatic rings. The highest BCUT2D eigenvalue weighted by Gasteiger charge is 2.13. The zero-order valence-corrected chi connectivity index (χ0v) is 20.0. The Morgan fingerprint density at radius 1 is 1.10 bits per heavy atom. The van der Waals surface area contributed by atoms with Crippen LogP contribution >= 0.6 is 24.0 Å². The number of nitrogens with one attached hydrogen (secondary N) is 3. The van der Waals surface area contributed by atoms with Crippen LogP contribution in [-0.2, 0) is 25.9 Å². The summed E-state index contributed by atoms with van der Waals surface area (Å²) in [4.78, 5) is 16.4. The molecule has 29 heavy (non-hydrogen) atoms. The minimum atomic E-state index is -0.0437. The van der Waals surface area contributed by atoms with E-state index in [4.69, 9.17) is 4.52 Å². The fourth-order valence-electron chi connectivity index (χ4n) is 2.88. The first-order valence-electron chi connectivity index (χ1n) is 9.90. The molecule has 0 fully saturated rings. The molecule has 0 unspecified atom stereocenters. The highest BCUT2D eigenvalue weighted by Crippen LogP contribution is 2.15. The molecule has 0 bridgehead atoms. The van der Waals surface area contributed by atoms with Gasteiger partial charge in [0.15, 0.2) is 5.96 Å². The van der Waals surface area contributed by atoms with Gasteiger partial charge in [0.25, 0.3) is 5.91 Å². The number of benzene rings is 1. The van der Waals surface area contributed by atoms with Crippen LogP contribution in [0.1, 0.15) is 60.1 Å². The number of hydrogen-bond acceptors (Lipinski definition) is 4. The SMILES string of the molecule is CCCNC(=O)c1cccc(CNC(=NC)NCc2c(CC)noc2CC)c1.I. The van der Waals surface area contributed by atoms with Gasteiger partial charge in [0.1, 0.15) is 5.76 Å². The molecule has 2 rings (SSSR count). The van der Waals surface area contributed by atoms with Crippen molar-refractivity contribution >= 4 is 35.8 Å². The van der Waals surface area contributed by atoms with Gasteiger partial charge in [0.2, 0.25) is 0 Å². The predicted octanol–water partition coefficient (Wildman–Crippen LogP) is 3.42. The van der Waals surface area contributed by atoms with E-state index in [0.29, 0.717) is 31.2 Å². The summed E-state index contributed by atoms with van der Waals surface area (Å²) in [7, 11) is 1.74. The average molecular weight is 513 g/mol. The maximum Gasteiger partial charge on any atom is 0.251 e. The Bertz CT molecular complexity index is 783. The van der Waals surface area contributed by atoms with Crippen molar-refractivity contribution in [3.8, 4) is 0 Å². The lowest BCUT2D eigenvalue weighted by molar-refractivity contribution is 0.0953. The molecule has 1 amide bonds. The van der Waals surface area contributed by atoms with Gasteiger partial charge in [0, 0.05) is 44.2 Å². The van der Waals surface area contributed by atoms with Gasteiger partial charge in [-0.2, -0.15) is 0 Å². The Labute approximate surface area is 190 Å². The van der Waals surface area contributed by atoms with E-state index in [9.17, 15) is 4.79 Å². The summed E-state index contributed by atoms with van der Waals surface area (Å²) in [6, 6.07) is 7.61. The summed E-state index contributed by atoms with van der Waals surface area (Å²) in [5.74, 6) is 1.55. The number of carbonyl (C=O) groups is 1. The van der Waals surface area contributed by atoms with E-state index in [1.807, 2.05) is 31.2 Å². The summed E-state index contributed by atoms with van der Waals surface area (Å²) in [5.41, 5.74) is 3.76. The number of rotatable bonds is 9. The van der Waals surface area contributed by atoms with Gasteiger partial charge >= 0.3 is 0 Å². The molecule has 0 aliphatic carbocycles. The van der Waals surface area contributed by atoms with Gasteiger partial charge in [-0.15, -0.1) is 24.0 Å². The number of aliphatic imine (C=N–C) groups is 1. The highest BCUT2D eigenvalue weighted by atomic mass is 127. The topological polar surface area (TPSA) is 91.5 Å². The van der Waals surface area contributed by atoms with Crippen molar-refractivity contribution in [3.63, 3.8) is 0 Å². The van der Waals surface area contributed by atoms with Crippen LogP contribution in [0.2, 0.25) is 0 Å². The van der Waals surface area contributed by atoms with Crippen LogP contribution in [0.3, 0.4) is 0 Å². The number of halogens is 1. The van der Waals surface area contributed by atoms with E-state index in [1.54, 1.807) is 7.05 Å². The van der Waals surface area contributed by atoms with Crippen molar-refractivity contribution in [1.29, 1.82) is 0 Å². The first-order chi connectivity index (χ1) is 13.6. The molecule has 0 atom stereocenters. The number of carbonyl (C=O) groups excluding carboxylic acids is 1. The molecule has 7 nitrogen and oxygen atoms in total. The third-order valence-electron chi connectivity index (χ3n) is 4.45. The Kier molecular flexibility index (Phi) is 11.3. The van der Waals surface area contributed by atoms with Crippen LogP contribution in [-0.4, -0.2) is 30.6 Å². The van der Waals surface area contributed by atoms with Crippen LogP contribution in [0.5, 0.6) is 0 Å². The molecule has 0 saturated heterocycles. The number of amides is 1. The van der Waals surface area contributed by atoms with Crippen molar-refractivity contribution in [1.82, 2.24) is 21.1 Å². The normalized spacial score (nSPS) is 11.0. The Morgan fingerprint density at radius 2 is 1.86 bits per heavy atom. The minimum absolute atomic E-state index is 0.